The normalized spacial score (nSPS) is 13.7. The van der Waals surface area contributed by atoms with E-state index in [0.717, 1.165) is 5.56 Å². The Morgan fingerprint density at radius 2 is 2.06 bits per heavy atom. The molecule has 5 rings (SSSR count). The van der Waals surface area contributed by atoms with Crippen LogP contribution in [0.1, 0.15) is 21.5 Å². The Morgan fingerprint density at radius 3 is 2.71 bits per heavy atom. The van der Waals surface area contributed by atoms with Crippen molar-refractivity contribution in [3.05, 3.63) is 69.1 Å². The van der Waals surface area contributed by atoms with Crippen molar-refractivity contribution in [2.45, 2.75) is 13.3 Å². The summed E-state index contributed by atoms with van der Waals surface area (Å²) in [5, 5.41) is 12.0. The van der Waals surface area contributed by atoms with Gasteiger partial charge in [0.15, 0.2) is 10.8 Å². The molecule has 1 fully saturated rings. The summed E-state index contributed by atoms with van der Waals surface area (Å²) >= 11 is 1.31. The van der Waals surface area contributed by atoms with Gasteiger partial charge >= 0.3 is 5.97 Å². The van der Waals surface area contributed by atoms with Crippen molar-refractivity contribution in [2.75, 3.05) is 23.7 Å². The summed E-state index contributed by atoms with van der Waals surface area (Å²) in [5.41, 5.74) is 6.44. The Kier molecular flexibility index (Phi) is 5.33. The van der Waals surface area contributed by atoms with Crippen LogP contribution in [-0.4, -0.2) is 49.5 Å². The van der Waals surface area contributed by atoms with Gasteiger partial charge in [-0.2, -0.15) is 0 Å². The molecule has 5 heterocycles. The average molecular weight is 477 g/mol. The van der Waals surface area contributed by atoms with Crippen molar-refractivity contribution in [3.8, 4) is 5.13 Å². The molecule has 4 aromatic rings. The molecule has 0 radical (unpaired) electrons. The second-order valence-electron chi connectivity index (χ2n) is 8.19. The lowest BCUT2D eigenvalue weighted by atomic mass is 9.91. The number of carbonyl (C=O) groups excluding carboxylic acids is 1. The first-order valence-corrected chi connectivity index (χ1v) is 11.4. The Balaban J connectivity index is 1.45. The summed E-state index contributed by atoms with van der Waals surface area (Å²) in [4.78, 5) is 52.2. The van der Waals surface area contributed by atoms with Crippen LogP contribution in [0.5, 0.6) is 0 Å². The van der Waals surface area contributed by atoms with E-state index in [1.54, 1.807) is 42.9 Å². The molecular formula is C23H20N6O4S. The highest BCUT2D eigenvalue weighted by atomic mass is 32.1. The Hall–Kier alpha value is -4.12. The summed E-state index contributed by atoms with van der Waals surface area (Å²) in [7, 11) is 0. The smallest absolute Gasteiger partial charge is 0.341 e. The van der Waals surface area contributed by atoms with Crippen LogP contribution < -0.4 is 16.1 Å². The van der Waals surface area contributed by atoms with E-state index in [9.17, 15) is 19.5 Å². The zero-order valence-corrected chi connectivity index (χ0v) is 19.0. The van der Waals surface area contributed by atoms with Crippen LogP contribution in [0.15, 0.2) is 47.0 Å². The minimum atomic E-state index is -1.30. The van der Waals surface area contributed by atoms with Crippen LogP contribution in [0.3, 0.4) is 0 Å². The number of hydrogen-bond donors (Lipinski definition) is 2. The number of fused-ring (bicyclic) bond motifs is 1. The number of carbonyl (C=O) groups is 2. The van der Waals surface area contributed by atoms with E-state index in [2.05, 4.69) is 9.97 Å². The molecule has 172 valence electrons. The summed E-state index contributed by atoms with van der Waals surface area (Å²) < 4.78 is 1.54. The van der Waals surface area contributed by atoms with Crippen molar-refractivity contribution < 1.29 is 14.7 Å². The number of aromatic nitrogens is 4. The molecule has 1 aliphatic heterocycles. The third kappa shape index (κ3) is 3.79. The molecule has 0 saturated carbocycles. The maximum Gasteiger partial charge on any atom is 0.341 e. The zero-order chi connectivity index (χ0) is 24.0. The number of pyridine rings is 3. The first-order valence-electron chi connectivity index (χ1n) is 10.5. The molecule has 0 aliphatic carbocycles. The van der Waals surface area contributed by atoms with E-state index in [1.165, 1.54) is 22.1 Å². The van der Waals surface area contributed by atoms with Gasteiger partial charge in [-0.15, -0.1) is 11.3 Å². The number of anilines is 2. The van der Waals surface area contributed by atoms with E-state index in [-0.39, 0.29) is 29.1 Å². The van der Waals surface area contributed by atoms with E-state index in [1.807, 2.05) is 4.90 Å². The second kappa shape index (κ2) is 8.34. The number of Topliss-reactive ketones (excluding diaryl/α,β-unsaturated/α-hetero) is 1. The van der Waals surface area contributed by atoms with Crippen molar-refractivity contribution in [1.29, 1.82) is 0 Å². The van der Waals surface area contributed by atoms with Gasteiger partial charge in [-0.3, -0.25) is 14.2 Å². The van der Waals surface area contributed by atoms with Gasteiger partial charge in [-0.25, -0.2) is 19.7 Å². The van der Waals surface area contributed by atoms with Gasteiger partial charge in [0.2, 0.25) is 5.43 Å². The average Bonchev–Trinajstić information content (AvgIpc) is 3.29. The summed E-state index contributed by atoms with van der Waals surface area (Å²) in [6, 6.07) is 5.23. The molecule has 3 N–H and O–H groups in total. The molecule has 1 aliphatic rings. The topological polar surface area (TPSA) is 144 Å². The van der Waals surface area contributed by atoms with Crippen LogP contribution in [0.25, 0.3) is 16.2 Å². The van der Waals surface area contributed by atoms with Crippen LogP contribution in [0.4, 0.5) is 11.6 Å². The van der Waals surface area contributed by atoms with E-state index in [4.69, 9.17) is 10.7 Å². The SMILES string of the molecule is Cc1cc(N2CC(C(=O)Cc3ccc(N)nc3)C2)nc2c1c(=O)c(C(=O)O)cn2-c1nccs1. The number of carboxylic acids is 1. The number of rotatable bonds is 6. The van der Waals surface area contributed by atoms with Crippen LogP contribution in [0.2, 0.25) is 0 Å². The van der Waals surface area contributed by atoms with E-state index in [0.29, 0.717) is 41.1 Å². The molecule has 0 bridgehead atoms. The molecule has 11 heteroatoms. The van der Waals surface area contributed by atoms with Gasteiger partial charge in [0.25, 0.3) is 0 Å². The minimum Gasteiger partial charge on any atom is -0.477 e. The van der Waals surface area contributed by atoms with Gasteiger partial charge in [-0.1, -0.05) is 6.07 Å². The summed E-state index contributed by atoms with van der Waals surface area (Å²) in [6.07, 6.45) is 4.77. The molecule has 0 spiro atoms. The highest BCUT2D eigenvalue weighted by molar-refractivity contribution is 7.12. The lowest BCUT2D eigenvalue weighted by molar-refractivity contribution is -0.122. The fraction of sp³-hybridized carbons (Fsp3) is 0.217. The Bertz CT molecular complexity index is 1470. The maximum atomic E-state index is 12.9. The van der Waals surface area contributed by atoms with Crippen LogP contribution >= 0.6 is 11.3 Å². The molecule has 0 atom stereocenters. The highest BCUT2D eigenvalue weighted by Gasteiger charge is 2.34. The van der Waals surface area contributed by atoms with Crippen LogP contribution in [-0.2, 0) is 11.2 Å². The fourth-order valence-electron chi connectivity index (χ4n) is 4.03. The first kappa shape index (κ1) is 21.7. The fourth-order valence-corrected chi connectivity index (χ4v) is 4.65. The molecule has 1 saturated heterocycles. The standard InChI is InChI=1S/C23H20N6O4S/c1-12-6-18(28-9-14(10-28)16(30)7-13-2-3-17(24)26-8-13)27-21-19(12)20(31)15(22(32)33)11-29(21)23-25-4-5-34-23/h2-6,8,11,14H,7,9-10H2,1H3,(H2,24,26)(H,32,33). The molecule has 0 amide bonds. The van der Waals surface area contributed by atoms with E-state index < -0.39 is 11.4 Å². The van der Waals surface area contributed by atoms with Crippen molar-refractivity contribution in [2.24, 2.45) is 5.92 Å². The molecular weight excluding hydrogens is 456 g/mol. The predicted molar refractivity (Wildman–Crippen MR) is 128 cm³/mol. The first-order chi connectivity index (χ1) is 16.3. The largest absolute Gasteiger partial charge is 0.477 e. The molecule has 10 nitrogen and oxygen atoms in total. The van der Waals surface area contributed by atoms with Gasteiger partial charge in [0.05, 0.1) is 11.3 Å². The number of nitrogen functional groups attached to an aromatic ring is 1. The van der Waals surface area contributed by atoms with Crippen molar-refractivity contribution >= 4 is 45.8 Å². The third-order valence-corrected chi connectivity index (χ3v) is 6.66. The van der Waals surface area contributed by atoms with Crippen LogP contribution in [0, 0.1) is 12.8 Å². The number of aryl methyl sites for hydroxylation is 1. The Labute approximate surface area is 197 Å². The number of aromatic carboxylic acids is 1. The number of carboxylic acid groups (broad SMARTS) is 1. The number of ketones is 1. The van der Waals surface area contributed by atoms with Gasteiger partial charge in [-0.05, 0) is 30.2 Å². The van der Waals surface area contributed by atoms with Gasteiger partial charge < -0.3 is 15.7 Å². The molecule has 4 aromatic heterocycles. The van der Waals surface area contributed by atoms with Crippen molar-refractivity contribution in [1.82, 2.24) is 19.5 Å². The minimum absolute atomic E-state index is 0.117. The number of nitrogens with zero attached hydrogens (tertiary/aromatic N) is 5. The Morgan fingerprint density at radius 1 is 1.26 bits per heavy atom. The number of hydrogen-bond acceptors (Lipinski definition) is 9. The highest BCUT2D eigenvalue weighted by Crippen LogP contribution is 2.29. The lowest BCUT2D eigenvalue weighted by Gasteiger charge is -2.39. The second-order valence-corrected chi connectivity index (χ2v) is 9.07. The maximum absolute atomic E-state index is 12.9. The zero-order valence-electron chi connectivity index (χ0n) is 18.1. The molecule has 34 heavy (non-hydrogen) atoms. The monoisotopic (exact) mass is 476 g/mol. The number of nitrogens with two attached hydrogens (primary N) is 1. The van der Waals surface area contributed by atoms with Crippen molar-refractivity contribution in [3.63, 3.8) is 0 Å². The number of thiazole rings is 1. The summed E-state index contributed by atoms with van der Waals surface area (Å²) in [5.74, 6) is -0.287. The molecule has 0 unspecified atom stereocenters. The van der Waals surface area contributed by atoms with Gasteiger partial charge in [0, 0.05) is 43.5 Å². The lowest BCUT2D eigenvalue weighted by Crippen LogP contribution is -2.51. The predicted octanol–water partition coefficient (Wildman–Crippen LogP) is 2.07. The van der Waals surface area contributed by atoms with E-state index >= 15 is 0 Å². The molecule has 0 aromatic carbocycles. The third-order valence-electron chi connectivity index (χ3n) is 5.88. The van der Waals surface area contributed by atoms with Gasteiger partial charge in [0.1, 0.15) is 23.0 Å². The summed E-state index contributed by atoms with van der Waals surface area (Å²) in [6.45, 7) is 2.77. The quantitative estimate of drug-likeness (QED) is 0.427.